The Hall–Kier alpha value is -1.58. The highest BCUT2D eigenvalue weighted by Gasteiger charge is 2.52. The monoisotopic (exact) mass is 286 g/mol. The second-order valence-electron chi connectivity index (χ2n) is 7.25. The van der Waals surface area contributed by atoms with Gasteiger partial charge in [0.15, 0.2) is 0 Å². The predicted octanol–water partition coefficient (Wildman–Crippen LogP) is 3.34. The van der Waals surface area contributed by atoms with Crippen LogP contribution in [0, 0.1) is 23.2 Å². The van der Waals surface area contributed by atoms with Crippen LogP contribution in [-0.2, 0) is 4.79 Å². The molecule has 1 amide bonds. The van der Waals surface area contributed by atoms with E-state index in [-0.39, 0.29) is 11.3 Å². The molecule has 0 saturated heterocycles. The van der Waals surface area contributed by atoms with Crippen LogP contribution in [-0.4, -0.2) is 12.1 Å². The lowest BCUT2D eigenvalue weighted by Gasteiger charge is -2.46. The fourth-order valence-electron chi connectivity index (χ4n) is 5.11. The van der Waals surface area contributed by atoms with Gasteiger partial charge in [0.25, 0.3) is 0 Å². The Morgan fingerprint density at radius 2 is 1.95 bits per heavy atom. The number of hydrazone groups is 1. The van der Waals surface area contributed by atoms with Gasteiger partial charge in [-0.2, -0.15) is 5.10 Å². The number of amides is 1. The summed E-state index contributed by atoms with van der Waals surface area (Å²) in [6.07, 6.45) is 11.7. The summed E-state index contributed by atoms with van der Waals surface area (Å²) >= 11 is 0. The minimum Gasteiger partial charge on any atom is -0.463 e. The average Bonchev–Trinajstić information content (AvgIpc) is 2.88. The van der Waals surface area contributed by atoms with Gasteiger partial charge in [-0.25, -0.2) is 5.43 Å². The molecule has 0 aliphatic heterocycles. The van der Waals surface area contributed by atoms with Gasteiger partial charge in [-0.15, -0.1) is 0 Å². The summed E-state index contributed by atoms with van der Waals surface area (Å²) in [6.45, 7) is 0. The van der Waals surface area contributed by atoms with Gasteiger partial charge in [0.05, 0.1) is 17.9 Å². The number of fused-ring (bicyclic) bond motifs is 1. The molecule has 1 aromatic rings. The molecule has 4 nitrogen and oxygen atoms in total. The highest BCUT2D eigenvalue weighted by atomic mass is 16.3. The van der Waals surface area contributed by atoms with E-state index in [2.05, 4.69) is 10.5 Å². The summed E-state index contributed by atoms with van der Waals surface area (Å²) in [5.74, 6) is 3.08. The van der Waals surface area contributed by atoms with Gasteiger partial charge in [-0.05, 0) is 62.0 Å². The van der Waals surface area contributed by atoms with Crippen molar-refractivity contribution in [2.45, 2.75) is 44.9 Å². The summed E-state index contributed by atoms with van der Waals surface area (Å²) in [5, 5.41) is 4.08. The smallest absolute Gasteiger partial charge is 0.246 e. The molecule has 4 bridgehead atoms. The molecule has 0 radical (unpaired) electrons. The van der Waals surface area contributed by atoms with Crippen molar-refractivity contribution in [1.29, 1.82) is 0 Å². The SMILES string of the molecule is O=C(NN=Cc1ccco1)C12CC3CCC(CC(C3)C1)C2. The maximum Gasteiger partial charge on any atom is 0.246 e. The normalized spacial score (nSPS) is 37.8. The van der Waals surface area contributed by atoms with E-state index in [1.54, 1.807) is 12.5 Å². The van der Waals surface area contributed by atoms with Crippen LogP contribution in [0.2, 0.25) is 0 Å². The molecule has 1 heterocycles. The molecule has 4 heteroatoms. The number of hydrogen-bond acceptors (Lipinski definition) is 3. The Bertz CT molecular complexity index is 533. The number of furan rings is 1. The number of nitrogens with one attached hydrogen (secondary N) is 1. The lowest BCUT2D eigenvalue weighted by Crippen LogP contribution is -2.47. The molecule has 4 fully saturated rings. The zero-order chi connectivity index (χ0) is 14.3. The van der Waals surface area contributed by atoms with E-state index in [1.807, 2.05) is 12.1 Å². The van der Waals surface area contributed by atoms with Gasteiger partial charge in [0.1, 0.15) is 5.76 Å². The van der Waals surface area contributed by atoms with Crippen LogP contribution < -0.4 is 5.43 Å². The van der Waals surface area contributed by atoms with E-state index in [9.17, 15) is 4.79 Å². The quantitative estimate of drug-likeness (QED) is 0.684. The van der Waals surface area contributed by atoms with Crippen LogP contribution in [0.4, 0.5) is 0 Å². The Labute approximate surface area is 125 Å². The van der Waals surface area contributed by atoms with Crippen LogP contribution in [0.25, 0.3) is 0 Å². The number of nitrogens with zero attached hydrogens (tertiary/aromatic N) is 1. The topological polar surface area (TPSA) is 54.6 Å². The van der Waals surface area contributed by atoms with Crippen molar-refractivity contribution in [3.63, 3.8) is 0 Å². The number of rotatable bonds is 3. The molecule has 1 N–H and O–H groups in total. The second-order valence-corrected chi connectivity index (χ2v) is 7.25. The van der Waals surface area contributed by atoms with Crippen molar-refractivity contribution in [3.8, 4) is 0 Å². The molecular formula is C17H22N2O2. The van der Waals surface area contributed by atoms with Crippen molar-refractivity contribution in [3.05, 3.63) is 24.2 Å². The van der Waals surface area contributed by atoms with Crippen LogP contribution >= 0.6 is 0 Å². The molecule has 0 spiro atoms. The molecule has 1 aromatic heterocycles. The van der Waals surface area contributed by atoms with Crippen molar-refractivity contribution >= 4 is 12.1 Å². The summed E-state index contributed by atoms with van der Waals surface area (Å²) < 4.78 is 5.18. The van der Waals surface area contributed by atoms with Crippen molar-refractivity contribution in [1.82, 2.24) is 5.43 Å². The maximum atomic E-state index is 12.7. The molecule has 2 atom stereocenters. The molecular weight excluding hydrogens is 264 g/mol. The molecule has 112 valence electrons. The van der Waals surface area contributed by atoms with Gasteiger partial charge < -0.3 is 4.42 Å². The summed E-state index contributed by atoms with van der Waals surface area (Å²) in [7, 11) is 0. The van der Waals surface area contributed by atoms with Gasteiger partial charge in [-0.3, -0.25) is 4.79 Å². The number of hydrogen-bond donors (Lipinski definition) is 1. The fourth-order valence-corrected chi connectivity index (χ4v) is 5.11. The third kappa shape index (κ3) is 2.41. The summed E-state index contributed by atoms with van der Waals surface area (Å²) in [6, 6.07) is 3.64. The van der Waals surface area contributed by atoms with Gasteiger partial charge in [-0.1, -0.05) is 12.8 Å². The lowest BCUT2D eigenvalue weighted by atomic mass is 9.58. The molecule has 4 aliphatic carbocycles. The zero-order valence-electron chi connectivity index (χ0n) is 12.3. The predicted molar refractivity (Wildman–Crippen MR) is 79.7 cm³/mol. The Balaban J connectivity index is 1.48. The van der Waals surface area contributed by atoms with Gasteiger partial charge in [0.2, 0.25) is 5.91 Å². The highest BCUT2D eigenvalue weighted by Crippen LogP contribution is 2.57. The van der Waals surface area contributed by atoms with E-state index >= 15 is 0 Å². The Kier molecular flexibility index (Phi) is 3.12. The highest BCUT2D eigenvalue weighted by molar-refractivity contribution is 5.84. The lowest BCUT2D eigenvalue weighted by molar-refractivity contribution is -0.138. The molecule has 5 rings (SSSR count). The number of carbonyl (C=O) groups is 1. The van der Waals surface area contributed by atoms with E-state index in [0.29, 0.717) is 5.76 Å². The maximum absolute atomic E-state index is 12.7. The third-order valence-electron chi connectivity index (χ3n) is 5.74. The van der Waals surface area contributed by atoms with E-state index in [1.165, 1.54) is 25.7 Å². The Morgan fingerprint density at radius 1 is 1.24 bits per heavy atom. The first kappa shape index (κ1) is 13.1. The first-order valence-corrected chi connectivity index (χ1v) is 8.10. The Morgan fingerprint density at radius 3 is 2.62 bits per heavy atom. The van der Waals surface area contributed by atoms with E-state index in [0.717, 1.165) is 37.0 Å². The summed E-state index contributed by atoms with van der Waals surface area (Å²) in [5.41, 5.74) is 2.63. The molecule has 21 heavy (non-hydrogen) atoms. The minimum absolute atomic E-state index is 0.131. The first-order valence-electron chi connectivity index (χ1n) is 8.10. The largest absolute Gasteiger partial charge is 0.463 e. The minimum atomic E-state index is -0.145. The fraction of sp³-hybridized carbons (Fsp3) is 0.647. The van der Waals surface area contributed by atoms with Crippen molar-refractivity contribution in [2.24, 2.45) is 28.3 Å². The van der Waals surface area contributed by atoms with Crippen LogP contribution in [0.15, 0.2) is 27.9 Å². The van der Waals surface area contributed by atoms with Gasteiger partial charge >= 0.3 is 0 Å². The van der Waals surface area contributed by atoms with Crippen LogP contribution in [0.1, 0.15) is 50.7 Å². The molecule has 4 aliphatic rings. The number of carbonyl (C=O) groups excluding carboxylic acids is 1. The molecule has 4 saturated carbocycles. The third-order valence-corrected chi connectivity index (χ3v) is 5.74. The second kappa shape index (κ2) is 5.00. The standard InChI is InChI=1S/C17H22N2O2/c20-16(19-18-11-15-2-1-5-21-15)17-8-12-3-4-13(9-17)7-14(6-12)10-17/h1-2,5,11-14H,3-4,6-10H2,(H,19,20). The van der Waals surface area contributed by atoms with Crippen molar-refractivity contribution < 1.29 is 9.21 Å². The molecule has 0 aromatic carbocycles. The molecule has 2 unspecified atom stereocenters. The van der Waals surface area contributed by atoms with E-state index in [4.69, 9.17) is 4.42 Å². The van der Waals surface area contributed by atoms with Crippen LogP contribution in [0.5, 0.6) is 0 Å². The van der Waals surface area contributed by atoms with E-state index < -0.39 is 0 Å². The average molecular weight is 286 g/mol. The van der Waals surface area contributed by atoms with Crippen LogP contribution in [0.3, 0.4) is 0 Å². The first-order chi connectivity index (χ1) is 10.2. The zero-order valence-corrected chi connectivity index (χ0v) is 12.3. The van der Waals surface area contributed by atoms with Gasteiger partial charge in [0, 0.05) is 0 Å². The van der Waals surface area contributed by atoms with Crippen molar-refractivity contribution in [2.75, 3.05) is 0 Å². The summed E-state index contributed by atoms with van der Waals surface area (Å²) in [4.78, 5) is 12.7.